The minimum atomic E-state index is -0.780. The van der Waals surface area contributed by atoms with Crippen molar-refractivity contribution in [2.75, 3.05) is 16.0 Å². The maximum absolute atomic E-state index is 13.9. The highest BCUT2D eigenvalue weighted by Crippen LogP contribution is 2.49. The molecule has 9 rings (SSSR count). The summed E-state index contributed by atoms with van der Waals surface area (Å²) in [6.07, 6.45) is 6.22. The largest absolute Gasteiger partial charge is 0.362 e. The van der Waals surface area contributed by atoms with E-state index >= 15 is 0 Å². The van der Waals surface area contributed by atoms with Gasteiger partial charge in [0.05, 0.1) is 16.6 Å². The molecule has 5 aliphatic rings. The third-order valence-corrected chi connectivity index (χ3v) is 9.51. The molecule has 0 saturated heterocycles. The van der Waals surface area contributed by atoms with Gasteiger partial charge >= 0.3 is 0 Å². The smallest absolute Gasteiger partial charge is 0.182 e. The van der Waals surface area contributed by atoms with E-state index in [1.807, 2.05) is 30.3 Å². The molecule has 2 spiro atoms. The van der Waals surface area contributed by atoms with Gasteiger partial charge < -0.3 is 16.0 Å². The number of anilines is 3. The summed E-state index contributed by atoms with van der Waals surface area (Å²) in [5.74, 6) is -0.983. The number of Topliss-reactive ketones (excluding diaryl/α,β-unsaturated/α-hetero) is 2. The number of hydrogen-bond donors (Lipinski definition) is 3. The minimum Gasteiger partial charge on any atom is -0.362 e. The first kappa shape index (κ1) is 20.8. The van der Waals surface area contributed by atoms with Crippen LogP contribution < -0.4 is 26.5 Å². The van der Waals surface area contributed by atoms with Crippen LogP contribution in [-0.2, 0) is 9.59 Å². The lowest BCUT2D eigenvalue weighted by molar-refractivity contribution is -0.129. The van der Waals surface area contributed by atoms with Gasteiger partial charge in [-0.15, -0.1) is 0 Å². The molecule has 0 aromatic heterocycles. The Labute approximate surface area is 218 Å². The lowest BCUT2D eigenvalue weighted by atomic mass is 9.70. The fraction of sp³-hybridized carbons (Fsp3) is 0.281. The zero-order valence-electron chi connectivity index (χ0n) is 20.9. The maximum atomic E-state index is 13.9. The highest BCUT2D eigenvalue weighted by Gasteiger charge is 2.49. The van der Waals surface area contributed by atoms with E-state index in [1.54, 1.807) is 0 Å². The average Bonchev–Trinajstić information content (AvgIpc) is 2.90. The summed E-state index contributed by atoms with van der Waals surface area (Å²) in [6, 6.07) is 20.4. The molecule has 3 saturated carbocycles. The molecule has 4 aromatic carbocycles. The lowest BCUT2D eigenvalue weighted by Gasteiger charge is -2.48. The molecular weight excluding hydrogens is 472 g/mol. The van der Waals surface area contributed by atoms with Crippen LogP contribution in [-0.4, -0.2) is 22.9 Å². The quantitative estimate of drug-likeness (QED) is 0.331. The highest BCUT2D eigenvalue weighted by atomic mass is 16.2. The van der Waals surface area contributed by atoms with Gasteiger partial charge in [-0.3, -0.25) is 14.6 Å². The molecule has 4 aromatic rings. The van der Waals surface area contributed by atoms with E-state index in [2.05, 4.69) is 46.3 Å². The molecule has 3 fully saturated rings. The first-order valence-electron chi connectivity index (χ1n) is 13.7. The first-order chi connectivity index (χ1) is 18.5. The van der Waals surface area contributed by atoms with E-state index in [1.165, 1.54) is 0 Å². The molecular formula is C32H26N4O2. The first-order valence-corrected chi connectivity index (χ1v) is 13.7. The number of carbonyl (C=O) groups excluding carboxylic acids is 2. The zero-order chi connectivity index (χ0) is 25.2. The molecule has 0 bridgehead atoms. The van der Waals surface area contributed by atoms with E-state index in [-0.39, 0.29) is 22.9 Å². The van der Waals surface area contributed by atoms with E-state index < -0.39 is 5.92 Å². The van der Waals surface area contributed by atoms with Crippen LogP contribution in [0.1, 0.15) is 50.0 Å². The summed E-state index contributed by atoms with van der Waals surface area (Å²) in [5, 5.41) is 16.8. The Hall–Kier alpha value is -4.19. The predicted octanol–water partition coefficient (Wildman–Crippen LogP) is 4.72. The van der Waals surface area contributed by atoms with Crippen LogP contribution >= 0.6 is 0 Å². The van der Waals surface area contributed by atoms with Crippen molar-refractivity contribution in [2.24, 2.45) is 4.99 Å². The molecule has 2 heterocycles. The number of nitrogens with one attached hydrogen (secondary N) is 3. The van der Waals surface area contributed by atoms with Crippen molar-refractivity contribution in [3.8, 4) is 0 Å². The van der Waals surface area contributed by atoms with Crippen LogP contribution in [0.25, 0.3) is 27.1 Å². The van der Waals surface area contributed by atoms with Gasteiger partial charge in [0.25, 0.3) is 0 Å². The van der Waals surface area contributed by atoms with Crippen LogP contribution in [0.15, 0.2) is 65.7 Å². The zero-order valence-corrected chi connectivity index (χ0v) is 20.9. The molecule has 0 atom stereocenters. The SMILES string of the molecule is O=C1C(=c2ccc3cccc4c3c2=NC2(CCC2)N4)C(=O)C1c1ccc2cccc3c2c1NC1(CCC1)N3. The second-order valence-corrected chi connectivity index (χ2v) is 11.6. The molecule has 6 heteroatoms. The molecule has 2 aliphatic heterocycles. The molecule has 3 aliphatic carbocycles. The van der Waals surface area contributed by atoms with Gasteiger partial charge in [-0.2, -0.15) is 0 Å². The van der Waals surface area contributed by atoms with Crippen LogP contribution in [0.5, 0.6) is 0 Å². The summed E-state index contributed by atoms with van der Waals surface area (Å²) < 4.78 is 0. The van der Waals surface area contributed by atoms with Gasteiger partial charge in [-0.25, -0.2) is 0 Å². The summed E-state index contributed by atoms with van der Waals surface area (Å²) >= 11 is 0. The Morgan fingerprint density at radius 3 is 2.08 bits per heavy atom. The van der Waals surface area contributed by atoms with Crippen LogP contribution in [0.4, 0.5) is 17.1 Å². The fourth-order valence-electron chi connectivity index (χ4n) is 7.21. The van der Waals surface area contributed by atoms with Gasteiger partial charge in [0.1, 0.15) is 17.2 Å². The normalized spacial score (nSPS) is 23.2. The number of nitrogens with zero attached hydrogens (tertiary/aromatic N) is 1. The molecule has 38 heavy (non-hydrogen) atoms. The number of carbonyl (C=O) groups is 2. The maximum Gasteiger partial charge on any atom is 0.182 e. The van der Waals surface area contributed by atoms with Crippen molar-refractivity contribution in [3.05, 3.63) is 76.8 Å². The van der Waals surface area contributed by atoms with Crippen molar-refractivity contribution in [3.63, 3.8) is 0 Å². The van der Waals surface area contributed by atoms with Crippen LogP contribution in [0.3, 0.4) is 0 Å². The number of benzene rings is 4. The molecule has 6 nitrogen and oxygen atoms in total. The molecule has 0 amide bonds. The molecule has 0 unspecified atom stereocenters. The van der Waals surface area contributed by atoms with Crippen molar-refractivity contribution >= 4 is 55.7 Å². The van der Waals surface area contributed by atoms with Gasteiger partial charge in [0.15, 0.2) is 11.6 Å². The minimum absolute atomic E-state index is 0.101. The number of rotatable bonds is 1. The second kappa shape index (κ2) is 6.81. The van der Waals surface area contributed by atoms with Gasteiger partial charge in [-0.05, 0) is 67.0 Å². The Bertz CT molecular complexity index is 1900. The van der Waals surface area contributed by atoms with Gasteiger partial charge in [0, 0.05) is 27.4 Å². The van der Waals surface area contributed by atoms with Crippen molar-refractivity contribution in [1.82, 2.24) is 0 Å². The van der Waals surface area contributed by atoms with E-state index in [0.717, 1.165) is 88.1 Å². The lowest BCUT2D eigenvalue weighted by Crippen LogP contribution is -2.54. The fourth-order valence-corrected chi connectivity index (χ4v) is 7.21. The average molecular weight is 499 g/mol. The standard InChI is InChI=1S/C32H26N4O2/c37-29-25(19-11-9-17-5-1-7-21-23(17)27(19)35-31(33-21)13-3-14-31)30(38)26(29)20-12-10-18-6-2-8-22-24(18)28(20)36-32(34-22)15-4-16-32/h1-2,5-12,25,33-35H,3-4,13-16H2. The summed E-state index contributed by atoms with van der Waals surface area (Å²) in [4.78, 5) is 33.0. The topological polar surface area (TPSA) is 82.6 Å². The predicted molar refractivity (Wildman–Crippen MR) is 149 cm³/mol. The van der Waals surface area contributed by atoms with E-state index in [9.17, 15) is 9.59 Å². The van der Waals surface area contributed by atoms with Crippen molar-refractivity contribution < 1.29 is 9.59 Å². The van der Waals surface area contributed by atoms with Gasteiger partial charge in [-0.1, -0.05) is 48.5 Å². The molecule has 3 N–H and O–H groups in total. The summed E-state index contributed by atoms with van der Waals surface area (Å²) in [6.45, 7) is 0. The van der Waals surface area contributed by atoms with Crippen LogP contribution in [0, 0.1) is 0 Å². The second-order valence-electron chi connectivity index (χ2n) is 11.6. The van der Waals surface area contributed by atoms with Crippen LogP contribution in [0.2, 0.25) is 0 Å². The Kier molecular flexibility index (Phi) is 3.73. The summed E-state index contributed by atoms with van der Waals surface area (Å²) in [7, 11) is 0. The highest BCUT2D eigenvalue weighted by molar-refractivity contribution is 6.59. The van der Waals surface area contributed by atoms with E-state index in [0.29, 0.717) is 10.8 Å². The van der Waals surface area contributed by atoms with Crippen molar-refractivity contribution in [1.29, 1.82) is 0 Å². The third-order valence-electron chi connectivity index (χ3n) is 9.51. The Morgan fingerprint density at radius 1 is 0.711 bits per heavy atom. The molecule has 186 valence electrons. The van der Waals surface area contributed by atoms with E-state index in [4.69, 9.17) is 4.99 Å². The third kappa shape index (κ3) is 2.50. The summed E-state index contributed by atoms with van der Waals surface area (Å²) in [5.41, 5.74) is 3.63. The number of ketones is 2. The van der Waals surface area contributed by atoms with Crippen molar-refractivity contribution in [2.45, 2.75) is 55.8 Å². The Balaban J connectivity index is 1.24. The Morgan fingerprint density at radius 2 is 1.39 bits per heavy atom. The number of hydrogen-bond acceptors (Lipinski definition) is 6. The van der Waals surface area contributed by atoms with Gasteiger partial charge in [0.2, 0.25) is 0 Å². The monoisotopic (exact) mass is 498 g/mol. The molecule has 0 radical (unpaired) electrons.